The van der Waals surface area contributed by atoms with E-state index in [1.807, 2.05) is 55.5 Å². The Balaban J connectivity index is 1.11. The lowest BCUT2D eigenvalue weighted by Gasteiger charge is -2.43. The van der Waals surface area contributed by atoms with E-state index in [9.17, 15) is 19.2 Å². The number of imide groups is 1. The van der Waals surface area contributed by atoms with Crippen molar-refractivity contribution in [3.63, 3.8) is 0 Å². The Morgan fingerprint density at radius 3 is 2.41 bits per heavy atom. The van der Waals surface area contributed by atoms with E-state index in [4.69, 9.17) is 9.47 Å². The van der Waals surface area contributed by atoms with E-state index in [-0.39, 0.29) is 58.1 Å². The third-order valence-electron chi connectivity index (χ3n) is 10.0. The van der Waals surface area contributed by atoms with Gasteiger partial charge in [-0.3, -0.25) is 24.1 Å². The molecule has 3 aromatic carbocycles. The SMILES string of the molecule is COc1ccc(N2C(=O)C3C(C2=O)[C@@H]2C[C@H]3C3Sc4[nH]c(=O)sc4[C@H](c4ccccc4OCC(=O)Nc4ccc(C)cc4)C32)cc1. The molecule has 234 valence electrons. The van der Waals surface area contributed by atoms with E-state index in [1.54, 1.807) is 43.1 Å². The van der Waals surface area contributed by atoms with E-state index in [1.165, 1.54) is 16.2 Å². The highest BCUT2D eigenvalue weighted by molar-refractivity contribution is 8.00. The minimum atomic E-state index is -0.422. The number of hydrogen-bond donors (Lipinski definition) is 2. The molecular formula is C35H31N3O6S2. The third kappa shape index (κ3) is 4.59. The summed E-state index contributed by atoms with van der Waals surface area (Å²) >= 11 is 2.83. The zero-order valence-electron chi connectivity index (χ0n) is 25.1. The molecule has 3 amide bonds. The third-order valence-corrected chi connectivity index (χ3v) is 12.6. The zero-order valence-corrected chi connectivity index (χ0v) is 26.7. The van der Waals surface area contributed by atoms with Gasteiger partial charge < -0.3 is 19.8 Å². The summed E-state index contributed by atoms with van der Waals surface area (Å²) in [4.78, 5) is 58.8. The number of aromatic nitrogens is 1. The number of thiazole rings is 1. The molecule has 2 N–H and O–H groups in total. The number of benzene rings is 3. The van der Waals surface area contributed by atoms with Gasteiger partial charge in [0.1, 0.15) is 11.5 Å². The number of rotatable bonds is 7. The fourth-order valence-electron chi connectivity index (χ4n) is 8.20. The van der Waals surface area contributed by atoms with Crippen LogP contribution in [0.2, 0.25) is 0 Å². The Morgan fingerprint density at radius 2 is 1.67 bits per heavy atom. The first kappa shape index (κ1) is 29.1. The lowest BCUT2D eigenvalue weighted by Crippen LogP contribution is -2.42. The van der Waals surface area contributed by atoms with Gasteiger partial charge in [-0.2, -0.15) is 0 Å². The highest BCUT2D eigenvalue weighted by Crippen LogP contribution is 2.69. The van der Waals surface area contributed by atoms with Crippen molar-refractivity contribution in [1.29, 1.82) is 0 Å². The fraction of sp³-hybridized carbons (Fsp3) is 0.314. The normalized spacial score (nSPS) is 27.3. The predicted octanol–water partition coefficient (Wildman–Crippen LogP) is 5.45. The van der Waals surface area contributed by atoms with Gasteiger partial charge in [0.2, 0.25) is 11.8 Å². The maximum absolute atomic E-state index is 14.1. The average molecular weight is 654 g/mol. The Labute approximate surface area is 273 Å². The summed E-state index contributed by atoms with van der Waals surface area (Å²) in [5.41, 5.74) is 3.23. The van der Waals surface area contributed by atoms with Crippen LogP contribution in [0.1, 0.15) is 28.3 Å². The number of para-hydroxylation sites is 1. The molecule has 4 unspecified atom stereocenters. The Morgan fingerprint density at radius 1 is 0.957 bits per heavy atom. The van der Waals surface area contributed by atoms with E-state index in [2.05, 4.69) is 10.3 Å². The van der Waals surface area contributed by atoms with Gasteiger partial charge in [0.15, 0.2) is 6.61 Å². The van der Waals surface area contributed by atoms with E-state index in [0.717, 1.165) is 27.5 Å². The van der Waals surface area contributed by atoms with Crippen molar-refractivity contribution in [3.8, 4) is 11.5 Å². The van der Waals surface area contributed by atoms with Gasteiger partial charge in [0.25, 0.3) is 5.91 Å². The zero-order chi connectivity index (χ0) is 31.7. The minimum absolute atomic E-state index is 0.00267. The van der Waals surface area contributed by atoms with Crippen molar-refractivity contribution in [3.05, 3.63) is 98.5 Å². The lowest BCUT2D eigenvalue weighted by molar-refractivity contribution is -0.123. The number of thioether (sulfide) groups is 1. The second-order valence-electron chi connectivity index (χ2n) is 12.4. The maximum Gasteiger partial charge on any atom is 0.305 e. The number of H-pyrrole nitrogens is 1. The quantitative estimate of drug-likeness (QED) is 0.255. The number of carbonyl (C=O) groups is 3. The number of aromatic amines is 1. The molecule has 1 aromatic heterocycles. The number of nitrogens with zero attached hydrogens (tertiary/aromatic N) is 1. The van der Waals surface area contributed by atoms with Gasteiger partial charge in [0.05, 0.1) is 29.7 Å². The number of fused-ring (bicyclic) bond motifs is 9. The average Bonchev–Trinajstić information content (AvgIpc) is 3.80. The molecular weight excluding hydrogens is 623 g/mol. The van der Waals surface area contributed by atoms with Gasteiger partial charge in [-0.25, -0.2) is 0 Å². The van der Waals surface area contributed by atoms with Gasteiger partial charge in [-0.15, -0.1) is 11.8 Å². The first-order chi connectivity index (χ1) is 22.3. The van der Waals surface area contributed by atoms with E-state index < -0.39 is 11.8 Å². The van der Waals surface area contributed by atoms with Crippen LogP contribution in [0.3, 0.4) is 0 Å². The van der Waals surface area contributed by atoms with Crippen molar-refractivity contribution >= 4 is 52.2 Å². The smallest absolute Gasteiger partial charge is 0.305 e. The summed E-state index contributed by atoms with van der Waals surface area (Å²) in [6.45, 7) is 1.80. The van der Waals surface area contributed by atoms with Crippen LogP contribution in [0.4, 0.5) is 11.4 Å². The van der Waals surface area contributed by atoms with Gasteiger partial charge in [-0.05, 0) is 73.6 Å². The summed E-state index contributed by atoms with van der Waals surface area (Å²) in [7, 11) is 1.58. The molecule has 3 heterocycles. The first-order valence-corrected chi connectivity index (χ1v) is 17.0. The van der Waals surface area contributed by atoms with Crippen molar-refractivity contribution < 1.29 is 23.9 Å². The van der Waals surface area contributed by atoms with Crippen LogP contribution in [-0.4, -0.2) is 41.7 Å². The summed E-state index contributed by atoms with van der Waals surface area (Å²) in [6.07, 6.45) is 0.781. The van der Waals surface area contributed by atoms with Crippen LogP contribution in [-0.2, 0) is 14.4 Å². The van der Waals surface area contributed by atoms with Crippen molar-refractivity contribution in [2.75, 3.05) is 23.9 Å². The molecule has 11 heteroatoms. The number of carbonyl (C=O) groups excluding carboxylic acids is 3. The van der Waals surface area contributed by atoms with Crippen molar-refractivity contribution in [1.82, 2.24) is 4.98 Å². The number of anilines is 2. The molecule has 2 aliphatic heterocycles. The summed E-state index contributed by atoms with van der Waals surface area (Å²) in [5.74, 6) is -0.427. The molecule has 2 aliphatic carbocycles. The monoisotopic (exact) mass is 653 g/mol. The molecule has 7 atom stereocenters. The standard InChI is InChI=1S/C35H31N3O6S2/c1-17-7-9-18(10-8-17)36-25(39)16-44-24-6-4-3-5-21(24)26-27-22-15-23(30(27)45-32-31(26)46-35(42)37-32)29-28(22)33(40)38(34(29)41)19-11-13-20(43-2)14-12-19/h3-14,22-23,26-30H,15-16H2,1-2H3,(H,36,39)(H,37,42)/t22-,23-,26-,27?,28?,29?,30?/m1/s1. The number of hydrogen-bond acceptors (Lipinski definition) is 8. The molecule has 4 aromatic rings. The topological polar surface area (TPSA) is 118 Å². The molecule has 2 saturated carbocycles. The molecule has 3 fully saturated rings. The number of ether oxygens (including phenoxy) is 2. The van der Waals surface area contributed by atoms with Crippen LogP contribution in [0.15, 0.2) is 82.6 Å². The Kier molecular flexibility index (Phi) is 7.06. The predicted molar refractivity (Wildman–Crippen MR) is 176 cm³/mol. The van der Waals surface area contributed by atoms with Gasteiger partial charge in [0, 0.05) is 27.3 Å². The largest absolute Gasteiger partial charge is 0.497 e. The first-order valence-electron chi connectivity index (χ1n) is 15.3. The second-order valence-corrected chi connectivity index (χ2v) is 14.6. The van der Waals surface area contributed by atoms with Crippen LogP contribution in [0, 0.1) is 36.5 Å². The minimum Gasteiger partial charge on any atom is -0.497 e. The highest BCUT2D eigenvalue weighted by Gasteiger charge is 2.69. The summed E-state index contributed by atoms with van der Waals surface area (Å²) in [5, 5.41) is 3.74. The van der Waals surface area contributed by atoms with Crippen LogP contribution >= 0.6 is 23.1 Å². The molecule has 8 rings (SSSR count). The highest BCUT2D eigenvalue weighted by atomic mass is 32.2. The molecule has 1 saturated heterocycles. The Bertz CT molecular complexity index is 1920. The molecule has 0 spiro atoms. The van der Waals surface area contributed by atoms with E-state index in [0.29, 0.717) is 22.9 Å². The molecule has 0 radical (unpaired) electrons. The summed E-state index contributed by atoms with van der Waals surface area (Å²) in [6, 6.07) is 22.3. The van der Waals surface area contributed by atoms with Crippen molar-refractivity contribution in [2.45, 2.75) is 29.5 Å². The Hall–Kier alpha value is -4.35. The lowest BCUT2D eigenvalue weighted by atomic mass is 9.68. The molecule has 46 heavy (non-hydrogen) atoms. The van der Waals surface area contributed by atoms with Crippen LogP contribution < -0.4 is 24.6 Å². The molecule has 2 bridgehead atoms. The number of amides is 3. The second kappa shape index (κ2) is 11.2. The maximum atomic E-state index is 14.1. The van der Waals surface area contributed by atoms with Crippen molar-refractivity contribution in [2.24, 2.45) is 29.6 Å². The van der Waals surface area contributed by atoms with Gasteiger partial charge >= 0.3 is 4.87 Å². The molecule has 4 aliphatic rings. The van der Waals surface area contributed by atoms with E-state index >= 15 is 0 Å². The van der Waals surface area contributed by atoms with Gasteiger partial charge in [-0.1, -0.05) is 47.2 Å². The number of nitrogens with one attached hydrogen (secondary N) is 2. The van der Waals surface area contributed by atoms with Crippen LogP contribution in [0.25, 0.3) is 0 Å². The fourth-order valence-corrected chi connectivity index (χ4v) is 11.1. The molecule has 9 nitrogen and oxygen atoms in total. The van der Waals surface area contributed by atoms with Crippen LogP contribution in [0.5, 0.6) is 11.5 Å². The number of methoxy groups -OCH3 is 1. The number of aryl methyl sites for hydroxylation is 1. The summed E-state index contributed by atoms with van der Waals surface area (Å²) < 4.78 is 11.5.